The Hall–Kier alpha value is -1.55. The van der Waals surface area contributed by atoms with Crippen LogP contribution in [0.25, 0.3) is 0 Å². The van der Waals surface area contributed by atoms with E-state index in [4.69, 9.17) is 4.74 Å². The number of nitrogens with one attached hydrogen (secondary N) is 2. The van der Waals surface area contributed by atoms with Crippen molar-refractivity contribution in [1.29, 1.82) is 0 Å². The molecule has 4 heteroatoms. The number of methoxy groups -OCH3 is 1. The van der Waals surface area contributed by atoms with Gasteiger partial charge in [0.1, 0.15) is 5.75 Å². The van der Waals surface area contributed by atoms with Gasteiger partial charge in [-0.1, -0.05) is 12.8 Å². The molecule has 1 aliphatic carbocycles. The number of rotatable bonds is 5. The molecule has 1 aromatic rings. The first kappa shape index (κ1) is 12.9. The van der Waals surface area contributed by atoms with Crippen LogP contribution in [0.5, 0.6) is 5.75 Å². The number of anilines is 1. The fraction of sp³-hybridized carbons (Fsp3) is 0.500. The molecule has 0 bridgehead atoms. The second-order valence-corrected chi connectivity index (χ2v) is 4.64. The van der Waals surface area contributed by atoms with Gasteiger partial charge in [0.2, 0.25) is 5.91 Å². The van der Waals surface area contributed by atoms with Gasteiger partial charge in [0, 0.05) is 11.7 Å². The Bertz CT molecular complexity index is 383. The van der Waals surface area contributed by atoms with Crippen LogP contribution in [0.2, 0.25) is 0 Å². The van der Waals surface area contributed by atoms with Crippen molar-refractivity contribution in [2.24, 2.45) is 0 Å². The number of ether oxygens (including phenoxy) is 1. The second-order valence-electron chi connectivity index (χ2n) is 4.64. The van der Waals surface area contributed by atoms with Crippen LogP contribution in [0.1, 0.15) is 25.7 Å². The lowest BCUT2D eigenvalue weighted by Gasteiger charge is -2.11. The fourth-order valence-electron chi connectivity index (χ4n) is 2.25. The number of carbonyl (C=O) groups excluding carboxylic acids is 1. The van der Waals surface area contributed by atoms with Crippen LogP contribution in [0.4, 0.5) is 5.69 Å². The second kappa shape index (κ2) is 6.40. The molecule has 0 heterocycles. The largest absolute Gasteiger partial charge is 0.497 e. The topological polar surface area (TPSA) is 50.4 Å². The van der Waals surface area contributed by atoms with Crippen LogP contribution < -0.4 is 15.4 Å². The van der Waals surface area contributed by atoms with E-state index in [1.165, 1.54) is 25.7 Å². The third kappa shape index (κ3) is 3.74. The number of hydrogen-bond donors (Lipinski definition) is 2. The van der Waals surface area contributed by atoms with Crippen LogP contribution in [0.15, 0.2) is 24.3 Å². The van der Waals surface area contributed by atoms with Gasteiger partial charge in [-0.05, 0) is 37.1 Å². The molecule has 0 atom stereocenters. The summed E-state index contributed by atoms with van der Waals surface area (Å²) in [5, 5.41) is 6.15. The average Bonchev–Trinajstić information content (AvgIpc) is 2.90. The quantitative estimate of drug-likeness (QED) is 0.839. The van der Waals surface area contributed by atoms with Gasteiger partial charge in [-0.25, -0.2) is 0 Å². The van der Waals surface area contributed by atoms with Gasteiger partial charge < -0.3 is 15.4 Å². The summed E-state index contributed by atoms with van der Waals surface area (Å²) < 4.78 is 5.06. The Morgan fingerprint density at radius 3 is 2.56 bits per heavy atom. The highest BCUT2D eigenvalue weighted by atomic mass is 16.5. The lowest BCUT2D eigenvalue weighted by molar-refractivity contribution is -0.115. The van der Waals surface area contributed by atoms with E-state index in [1.54, 1.807) is 7.11 Å². The summed E-state index contributed by atoms with van der Waals surface area (Å²) in [6.45, 7) is 0.386. The first-order chi connectivity index (χ1) is 8.78. The minimum Gasteiger partial charge on any atom is -0.497 e. The summed E-state index contributed by atoms with van der Waals surface area (Å²) in [5.41, 5.74) is 0.800. The average molecular weight is 248 g/mol. The van der Waals surface area contributed by atoms with Crippen molar-refractivity contribution in [2.75, 3.05) is 19.0 Å². The van der Waals surface area contributed by atoms with Crippen molar-refractivity contribution in [1.82, 2.24) is 5.32 Å². The van der Waals surface area contributed by atoms with E-state index in [0.717, 1.165) is 11.4 Å². The van der Waals surface area contributed by atoms with Gasteiger partial charge in [0.05, 0.1) is 13.7 Å². The lowest BCUT2D eigenvalue weighted by atomic mass is 10.2. The molecule has 1 fully saturated rings. The van der Waals surface area contributed by atoms with Crippen LogP contribution >= 0.6 is 0 Å². The van der Waals surface area contributed by atoms with Gasteiger partial charge in [-0.2, -0.15) is 0 Å². The summed E-state index contributed by atoms with van der Waals surface area (Å²) in [4.78, 5) is 11.7. The number of amides is 1. The monoisotopic (exact) mass is 248 g/mol. The molecule has 0 unspecified atom stereocenters. The summed E-state index contributed by atoms with van der Waals surface area (Å²) in [5.74, 6) is 0.796. The maximum absolute atomic E-state index is 11.7. The number of carbonyl (C=O) groups is 1. The Kier molecular flexibility index (Phi) is 4.59. The highest BCUT2D eigenvalue weighted by molar-refractivity contribution is 5.92. The predicted octanol–water partition coefficient (Wildman–Crippen LogP) is 2.17. The molecule has 0 aromatic heterocycles. The van der Waals surface area contributed by atoms with Crippen molar-refractivity contribution in [2.45, 2.75) is 31.7 Å². The van der Waals surface area contributed by atoms with E-state index in [-0.39, 0.29) is 5.91 Å². The van der Waals surface area contributed by atoms with E-state index >= 15 is 0 Å². The highest BCUT2D eigenvalue weighted by Crippen LogP contribution is 2.17. The molecule has 1 amide bonds. The van der Waals surface area contributed by atoms with E-state index in [9.17, 15) is 4.79 Å². The van der Waals surface area contributed by atoms with E-state index in [2.05, 4.69) is 10.6 Å². The molecule has 2 N–H and O–H groups in total. The standard InChI is InChI=1S/C14H20N2O2/c1-18-13-8-6-12(7-9-13)16-14(17)10-15-11-4-2-3-5-11/h6-9,11,15H,2-5,10H2,1H3,(H,16,17). The molecule has 0 saturated heterocycles. The molecular weight excluding hydrogens is 228 g/mol. The van der Waals surface area contributed by atoms with Gasteiger partial charge in [0.25, 0.3) is 0 Å². The van der Waals surface area contributed by atoms with E-state index in [0.29, 0.717) is 12.6 Å². The molecule has 98 valence electrons. The van der Waals surface area contributed by atoms with Gasteiger partial charge >= 0.3 is 0 Å². The van der Waals surface area contributed by atoms with Crippen molar-refractivity contribution in [3.8, 4) is 5.75 Å². The molecule has 2 rings (SSSR count). The highest BCUT2D eigenvalue weighted by Gasteiger charge is 2.15. The third-order valence-electron chi connectivity index (χ3n) is 3.28. The van der Waals surface area contributed by atoms with Crippen LogP contribution in [-0.2, 0) is 4.79 Å². The molecule has 4 nitrogen and oxygen atoms in total. The lowest BCUT2D eigenvalue weighted by Crippen LogP contribution is -2.34. The third-order valence-corrected chi connectivity index (χ3v) is 3.28. The summed E-state index contributed by atoms with van der Waals surface area (Å²) in [6.07, 6.45) is 4.93. The minimum absolute atomic E-state index is 0.00654. The number of hydrogen-bond acceptors (Lipinski definition) is 3. The molecule has 1 aliphatic rings. The SMILES string of the molecule is COc1ccc(NC(=O)CNC2CCCC2)cc1. The summed E-state index contributed by atoms with van der Waals surface area (Å²) in [7, 11) is 1.62. The van der Waals surface area contributed by atoms with Crippen LogP contribution in [0, 0.1) is 0 Å². The van der Waals surface area contributed by atoms with Crippen molar-refractivity contribution < 1.29 is 9.53 Å². The van der Waals surface area contributed by atoms with Gasteiger partial charge in [0.15, 0.2) is 0 Å². The minimum atomic E-state index is 0.00654. The Morgan fingerprint density at radius 1 is 1.28 bits per heavy atom. The molecule has 1 aromatic carbocycles. The smallest absolute Gasteiger partial charge is 0.238 e. The Balaban J connectivity index is 1.75. The zero-order valence-electron chi connectivity index (χ0n) is 10.7. The van der Waals surface area contributed by atoms with Crippen molar-refractivity contribution in [3.05, 3.63) is 24.3 Å². The van der Waals surface area contributed by atoms with Gasteiger partial charge in [-0.3, -0.25) is 4.79 Å². The van der Waals surface area contributed by atoms with Crippen LogP contribution in [-0.4, -0.2) is 25.6 Å². The Labute approximate surface area is 108 Å². The molecule has 0 spiro atoms. The Morgan fingerprint density at radius 2 is 1.94 bits per heavy atom. The van der Waals surface area contributed by atoms with Gasteiger partial charge in [-0.15, -0.1) is 0 Å². The molecule has 0 radical (unpaired) electrons. The van der Waals surface area contributed by atoms with Crippen molar-refractivity contribution in [3.63, 3.8) is 0 Å². The van der Waals surface area contributed by atoms with Crippen molar-refractivity contribution >= 4 is 11.6 Å². The normalized spacial score (nSPS) is 15.6. The predicted molar refractivity (Wildman–Crippen MR) is 71.9 cm³/mol. The molecule has 0 aliphatic heterocycles. The first-order valence-electron chi connectivity index (χ1n) is 6.45. The maximum atomic E-state index is 11.7. The molecular formula is C14H20N2O2. The molecule has 1 saturated carbocycles. The first-order valence-corrected chi connectivity index (χ1v) is 6.45. The molecule has 18 heavy (non-hydrogen) atoms. The zero-order chi connectivity index (χ0) is 12.8. The summed E-state index contributed by atoms with van der Waals surface area (Å²) in [6, 6.07) is 7.87. The number of benzene rings is 1. The maximum Gasteiger partial charge on any atom is 0.238 e. The van der Waals surface area contributed by atoms with Crippen LogP contribution in [0.3, 0.4) is 0 Å². The van der Waals surface area contributed by atoms with E-state index < -0.39 is 0 Å². The fourth-order valence-corrected chi connectivity index (χ4v) is 2.25. The summed E-state index contributed by atoms with van der Waals surface area (Å²) >= 11 is 0. The zero-order valence-corrected chi connectivity index (χ0v) is 10.7. The van der Waals surface area contributed by atoms with E-state index in [1.807, 2.05) is 24.3 Å².